The highest BCUT2D eigenvalue weighted by Crippen LogP contribution is 2.34. The Kier molecular flexibility index (Phi) is 2.74. The molecule has 1 aliphatic carbocycles. The van der Waals surface area contributed by atoms with Gasteiger partial charge >= 0.3 is 0 Å². The summed E-state index contributed by atoms with van der Waals surface area (Å²) in [6.45, 7) is 2.45. The minimum Gasteiger partial charge on any atom is -0.306 e. The van der Waals surface area contributed by atoms with E-state index in [2.05, 4.69) is 5.32 Å². The summed E-state index contributed by atoms with van der Waals surface area (Å²) in [5, 5.41) is 2.95. The van der Waals surface area contributed by atoms with E-state index < -0.39 is 12.0 Å². The predicted molar refractivity (Wildman–Crippen MR) is 56.3 cm³/mol. The molecular weight excluding hydrogens is 196 g/mol. The van der Waals surface area contributed by atoms with Gasteiger partial charge in [0.25, 0.3) is 6.43 Å². The maximum absolute atomic E-state index is 13.1. The summed E-state index contributed by atoms with van der Waals surface area (Å²) in [6.07, 6.45) is -1.44. The molecule has 1 aromatic carbocycles. The maximum Gasteiger partial charge on any atom is 0.257 e. The second-order valence-corrected chi connectivity index (χ2v) is 4.11. The number of halogens is 2. The minimum absolute atomic E-state index is 0.439. The lowest BCUT2D eigenvalue weighted by Crippen LogP contribution is -2.52. The molecular formula is C12H15F2N. The Bertz CT molecular complexity index is 324. The third-order valence-electron chi connectivity index (χ3n) is 3.08. The van der Waals surface area contributed by atoms with Crippen LogP contribution in [0.4, 0.5) is 8.78 Å². The van der Waals surface area contributed by atoms with Gasteiger partial charge in [0.15, 0.2) is 0 Å². The fraction of sp³-hybridized carbons (Fsp3) is 0.500. The van der Waals surface area contributed by atoms with Crippen LogP contribution >= 0.6 is 0 Å². The fourth-order valence-corrected chi connectivity index (χ4v) is 2.35. The minimum atomic E-state index is -2.31. The SMILES string of the molecule is CCNC1(C(F)F)Cc2ccccc2C1. The molecule has 0 atom stereocenters. The van der Waals surface area contributed by atoms with E-state index in [0.717, 1.165) is 11.1 Å². The lowest BCUT2D eigenvalue weighted by atomic mass is 9.96. The summed E-state index contributed by atoms with van der Waals surface area (Å²) in [7, 11) is 0. The first kappa shape index (κ1) is 10.6. The van der Waals surface area contributed by atoms with Gasteiger partial charge in [-0.1, -0.05) is 31.2 Å². The van der Waals surface area contributed by atoms with Gasteiger partial charge < -0.3 is 5.32 Å². The van der Waals surface area contributed by atoms with Crippen molar-refractivity contribution in [2.24, 2.45) is 0 Å². The number of nitrogens with one attached hydrogen (secondary N) is 1. The molecule has 0 aromatic heterocycles. The average Bonchev–Trinajstić information content (AvgIpc) is 2.57. The van der Waals surface area contributed by atoms with Crippen LogP contribution in [0, 0.1) is 0 Å². The van der Waals surface area contributed by atoms with Gasteiger partial charge in [0.05, 0.1) is 5.54 Å². The number of fused-ring (bicyclic) bond motifs is 1. The Morgan fingerprint density at radius 2 is 1.80 bits per heavy atom. The standard InChI is InChI=1S/C12H15F2N/c1-2-15-12(11(13)14)7-9-5-3-4-6-10(9)8-12/h3-6,11,15H,2,7-8H2,1H3. The summed E-state index contributed by atoms with van der Waals surface area (Å²) < 4.78 is 26.2. The molecule has 82 valence electrons. The molecule has 0 bridgehead atoms. The Labute approximate surface area is 88.5 Å². The van der Waals surface area contributed by atoms with Crippen molar-refractivity contribution in [3.63, 3.8) is 0 Å². The smallest absolute Gasteiger partial charge is 0.257 e. The molecule has 0 unspecified atom stereocenters. The van der Waals surface area contributed by atoms with E-state index in [-0.39, 0.29) is 0 Å². The third kappa shape index (κ3) is 1.76. The largest absolute Gasteiger partial charge is 0.306 e. The second kappa shape index (κ2) is 3.89. The molecule has 15 heavy (non-hydrogen) atoms. The van der Waals surface area contributed by atoms with Crippen LogP contribution in [0.5, 0.6) is 0 Å². The molecule has 1 aromatic rings. The van der Waals surface area contributed by atoms with E-state index in [9.17, 15) is 8.78 Å². The molecule has 0 radical (unpaired) electrons. The van der Waals surface area contributed by atoms with Gasteiger partial charge in [0.1, 0.15) is 0 Å². The zero-order chi connectivity index (χ0) is 10.9. The molecule has 0 aliphatic heterocycles. The van der Waals surface area contributed by atoms with E-state index in [1.165, 1.54) is 0 Å². The summed E-state index contributed by atoms with van der Waals surface area (Å²) in [5.41, 5.74) is 1.08. The van der Waals surface area contributed by atoms with Crippen LogP contribution in [0.3, 0.4) is 0 Å². The number of alkyl halides is 2. The van der Waals surface area contributed by atoms with Gasteiger partial charge in [0, 0.05) is 0 Å². The summed E-state index contributed by atoms with van der Waals surface area (Å²) in [5.74, 6) is 0. The predicted octanol–water partition coefficient (Wildman–Crippen LogP) is 2.40. The Hall–Kier alpha value is -0.960. The van der Waals surface area contributed by atoms with Crippen LogP contribution in [0.25, 0.3) is 0 Å². The van der Waals surface area contributed by atoms with Crippen molar-refractivity contribution in [1.29, 1.82) is 0 Å². The van der Waals surface area contributed by atoms with Gasteiger partial charge in [-0.05, 0) is 30.5 Å². The van der Waals surface area contributed by atoms with Crippen molar-refractivity contribution in [2.45, 2.75) is 31.7 Å². The maximum atomic E-state index is 13.1. The van der Waals surface area contributed by atoms with E-state index in [4.69, 9.17) is 0 Å². The number of likely N-dealkylation sites (N-methyl/N-ethyl adjacent to an activating group) is 1. The van der Waals surface area contributed by atoms with Gasteiger partial charge in [-0.2, -0.15) is 0 Å². The van der Waals surface area contributed by atoms with E-state index in [1.54, 1.807) is 0 Å². The summed E-state index contributed by atoms with van der Waals surface area (Å²) in [6, 6.07) is 7.70. The first-order chi connectivity index (χ1) is 7.18. The molecule has 0 amide bonds. The van der Waals surface area contributed by atoms with Crippen LogP contribution in [-0.2, 0) is 12.8 Å². The van der Waals surface area contributed by atoms with Gasteiger partial charge in [-0.3, -0.25) is 0 Å². The van der Waals surface area contributed by atoms with Gasteiger partial charge in [-0.15, -0.1) is 0 Å². The first-order valence-corrected chi connectivity index (χ1v) is 5.28. The van der Waals surface area contributed by atoms with Crippen LogP contribution < -0.4 is 5.32 Å². The lowest BCUT2D eigenvalue weighted by molar-refractivity contribution is 0.0364. The van der Waals surface area contributed by atoms with Crippen LogP contribution in [-0.4, -0.2) is 18.5 Å². The highest BCUT2D eigenvalue weighted by Gasteiger charge is 2.44. The van der Waals surface area contributed by atoms with Gasteiger partial charge in [0.2, 0.25) is 0 Å². The van der Waals surface area contributed by atoms with Crippen molar-refractivity contribution in [3.8, 4) is 0 Å². The fourth-order valence-electron chi connectivity index (χ4n) is 2.35. The summed E-state index contributed by atoms with van der Waals surface area (Å²) >= 11 is 0. The quantitative estimate of drug-likeness (QED) is 0.809. The van der Waals surface area contributed by atoms with Crippen LogP contribution in [0.1, 0.15) is 18.1 Å². The molecule has 3 heteroatoms. The number of hydrogen-bond donors (Lipinski definition) is 1. The normalized spacial score (nSPS) is 18.1. The van der Waals surface area contributed by atoms with E-state index in [0.29, 0.717) is 19.4 Å². The third-order valence-corrected chi connectivity index (χ3v) is 3.08. The number of benzene rings is 1. The average molecular weight is 211 g/mol. The molecule has 1 nitrogen and oxygen atoms in total. The highest BCUT2D eigenvalue weighted by molar-refractivity contribution is 5.36. The zero-order valence-corrected chi connectivity index (χ0v) is 8.76. The Morgan fingerprint density at radius 3 is 2.20 bits per heavy atom. The monoisotopic (exact) mass is 211 g/mol. The Morgan fingerprint density at radius 1 is 1.27 bits per heavy atom. The van der Waals surface area contributed by atoms with Crippen molar-refractivity contribution in [3.05, 3.63) is 35.4 Å². The molecule has 0 spiro atoms. The molecule has 0 saturated carbocycles. The Balaban J connectivity index is 2.28. The summed E-state index contributed by atoms with van der Waals surface area (Å²) in [4.78, 5) is 0. The molecule has 0 heterocycles. The molecule has 1 N–H and O–H groups in total. The second-order valence-electron chi connectivity index (χ2n) is 4.11. The lowest BCUT2D eigenvalue weighted by Gasteiger charge is -2.28. The van der Waals surface area contributed by atoms with Crippen LogP contribution in [0.15, 0.2) is 24.3 Å². The van der Waals surface area contributed by atoms with Crippen molar-refractivity contribution < 1.29 is 8.78 Å². The molecule has 1 aliphatic rings. The zero-order valence-electron chi connectivity index (χ0n) is 8.76. The highest BCUT2D eigenvalue weighted by atomic mass is 19.3. The number of hydrogen-bond acceptors (Lipinski definition) is 1. The van der Waals surface area contributed by atoms with E-state index in [1.807, 2.05) is 31.2 Å². The first-order valence-electron chi connectivity index (χ1n) is 5.28. The molecule has 2 rings (SSSR count). The topological polar surface area (TPSA) is 12.0 Å². The van der Waals surface area contributed by atoms with Crippen LogP contribution in [0.2, 0.25) is 0 Å². The van der Waals surface area contributed by atoms with Gasteiger partial charge in [-0.25, -0.2) is 8.78 Å². The van der Waals surface area contributed by atoms with Crippen molar-refractivity contribution >= 4 is 0 Å². The molecule has 0 fully saturated rings. The van der Waals surface area contributed by atoms with Crippen molar-refractivity contribution in [2.75, 3.05) is 6.54 Å². The van der Waals surface area contributed by atoms with E-state index >= 15 is 0 Å². The molecule has 0 saturated heterocycles. The van der Waals surface area contributed by atoms with Crippen molar-refractivity contribution in [1.82, 2.24) is 5.32 Å². The number of rotatable bonds is 3.